The van der Waals surface area contributed by atoms with Gasteiger partial charge in [0.2, 0.25) is 0 Å². The first-order valence-electron chi connectivity index (χ1n) is 6.08. The lowest BCUT2D eigenvalue weighted by atomic mass is 9.93. The molecule has 6 heteroatoms. The van der Waals surface area contributed by atoms with Gasteiger partial charge in [-0.25, -0.2) is 8.78 Å². The van der Waals surface area contributed by atoms with E-state index >= 15 is 0 Å². The fraction of sp³-hybridized carbons (Fsp3) is 0.200. The minimum Gasteiger partial charge on any atom is -0.320 e. The predicted octanol–water partition coefficient (Wildman–Crippen LogP) is 4.34. The molecule has 2 aromatic rings. The molecule has 0 aliphatic rings. The van der Waals surface area contributed by atoms with Gasteiger partial charge < -0.3 is 5.73 Å². The molecule has 21 heavy (non-hydrogen) atoms. The molecule has 2 N–H and O–H groups in total. The van der Waals surface area contributed by atoms with Crippen LogP contribution in [0, 0.1) is 18.6 Å². The van der Waals surface area contributed by atoms with Crippen molar-refractivity contribution in [3.05, 3.63) is 70.3 Å². The van der Waals surface area contributed by atoms with Crippen molar-refractivity contribution in [3.63, 3.8) is 0 Å². The predicted molar refractivity (Wildman–Crippen MR) is 68.6 cm³/mol. The molecular formula is C15H12F5N. The second-order valence-electron chi connectivity index (χ2n) is 4.72. The number of hydrogen-bond donors (Lipinski definition) is 1. The van der Waals surface area contributed by atoms with Gasteiger partial charge in [-0.05, 0) is 47.9 Å². The second kappa shape index (κ2) is 5.44. The highest BCUT2D eigenvalue weighted by Gasteiger charge is 2.35. The lowest BCUT2D eigenvalue weighted by Gasteiger charge is -2.19. The fourth-order valence-electron chi connectivity index (χ4n) is 2.09. The maximum absolute atomic E-state index is 13.3. The summed E-state index contributed by atoms with van der Waals surface area (Å²) in [5, 5.41) is 0. The van der Waals surface area contributed by atoms with Gasteiger partial charge in [0.25, 0.3) is 0 Å². The lowest BCUT2D eigenvalue weighted by molar-refractivity contribution is -0.138. The van der Waals surface area contributed by atoms with Crippen molar-refractivity contribution in [1.29, 1.82) is 0 Å². The van der Waals surface area contributed by atoms with Crippen LogP contribution in [0.25, 0.3) is 0 Å². The first-order chi connectivity index (χ1) is 9.70. The topological polar surface area (TPSA) is 26.0 Å². The molecule has 0 spiro atoms. The molecule has 0 bridgehead atoms. The summed E-state index contributed by atoms with van der Waals surface area (Å²) in [7, 11) is 0. The van der Waals surface area contributed by atoms with Crippen molar-refractivity contribution in [3.8, 4) is 0 Å². The highest BCUT2D eigenvalue weighted by Crippen LogP contribution is 2.36. The Balaban J connectivity index is 2.54. The molecular weight excluding hydrogens is 289 g/mol. The van der Waals surface area contributed by atoms with Crippen LogP contribution in [0.15, 0.2) is 36.4 Å². The molecule has 1 nitrogen and oxygen atoms in total. The summed E-state index contributed by atoms with van der Waals surface area (Å²) >= 11 is 0. The van der Waals surface area contributed by atoms with E-state index in [1.807, 2.05) is 0 Å². The Kier molecular flexibility index (Phi) is 4.00. The summed E-state index contributed by atoms with van der Waals surface area (Å²) < 4.78 is 65.4. The van der Waals surface area contributed by atoms with Crippen LogP contribution in [0.2, 0.25) is 0 Å². The molecule has 1 unspecified atom stereocenters. The Hall–Kier alpha value is -1.95. The third-order valence-corrected chi connectivity index (χ3v) is 3.20. The summed E-state index contributed by atoms with van der Waals surface area (Å²) in [6, 6.07) is 4.71. The molecule has 0 saturated heterocycles. The lowest BCUT2D eigenvalue weighted by Crippen LogP contribution is -2.19. The molecule has 0 aliphatic carbocycles. The third kappa shape index (κ3) is 3.21. The Morgan fingerprint density at radius 2 is 1.67 bits per heavy atom. The molecule has 2 rings (SSSR count). The van der Waals surface area contributed by atoms with Crippen LogP contribution in [0.3, 0.4) is 0 Å². The van der Waals surface area contributed by atoms with Crippen molar-refractivity contribution in [1.82, 2.24) is 0 Å². The number of hydrogen-bond acceptors (Lipinski definition) is 1. The molecule has 0 aliphatic heterocycles. The monoisotopic (exact) mass is 301 g/mol. The van der Waals surface area contributed by atoms with Crippen molar-refractivity contribution >= 4 is 0 Å². The Bertz CT molecular complexity index is 664. The number of alkyl halides is 3. The Labute approximate surface area is 118 Å². The first-order valence-corrected chi connectivity index (χ1v) is 6.08. The summed E-state index contributed by atoms with van der Waals surface area (Å²) in [5.41, 5.74) is 4.97. The zero-order valence-corrected chi connectivity index (χ0v) is 11.0. The largest absolute Gasteiger partial charge is 0.416 e. The molecule has 1 atom stereocenters. The zero-order chi connectivity index (χ0) is 15.8. The summed E-state index contributed by atoms with van der Waals surface area (Å²) in [4.78, 5) is 0. The van der Waals surface area contributed by atoms with Gasteiger partial charge in [0.05, 0.1) is 11.6 Å². The van der Waals surface area contributed by atoms with E-state index in [2.05, 4.69) is 0 Å². The molecule has 112 valence electrons. The number of benzene rings is 2. The van der Waals surface area contributed by atoms with Gasteiger partial charge in [0.15, 0.2) is 0 Å². The normalized spacial score (nSPS) is 13.3. The molecule has 0 fully saturated rings. The fourth-order valence-corrected chi connectivity index (χ4v) is 2.09. The van der Waals surface area contributed by atoms with Gasteiger partial charge in [-0.3, -0.25) is 0 Å². The maximum Gasteiger partial charge on any atom is 0.416 e. The maximum atomic E-state index is 13.3. The van der Waals surface area contributed by atoms with Crippen LogP contribution in [0.4, 0.5) is 22.0 Å². The minimum atomic E-state index is -4.64. The standard InChI is InChI=1S/C15H12F5N/c1-8-6-9(2-5-13(8)17)14(21)11-7-10(16)3-4-12(11)15(18,19)20/h2-7,14H,21H2,1H3. The van der Waals surface area contributed by atoms with Crippen LogP contribution in [-0.4, -0.2) is 0 Å². The first kappa shape index (κ1) is 15.4. The number of halogens is 5. The van der Waals surface area contributed by atoms with E-state index < -0.39 is 29.4 Å². The minimum absolute atomic E-state index is 0.257. The second-order valence-corrected chi connectivity index (χ2v) is 4.72. The molecule has 2 aromatic carbocycles. The van der Waals surface area contributed by atoms with Gasteiger partial charge in [0, 0.05) is 0 Å². The van der Waals surface area contributed by atoms with Crippen molar-refractivity contribution in [2.24, 2.45) is 5.73 Å². The average Bonchev–Trinajstić information content (AvgIpc) is 2.39. The molecule has 0 saturated carbocycles. The molecule has 0 heterocycles. The number of aryl methyl sites for hydroxylation is 1. The summed E-state index contributed by atoms with van der Waals surface area (Å²) in [6.07, 6.45) is -4.64. The van der Waals surface area contributed by atoms with E-state index in [4.69, 9.17) is 5.73 Å². The van der Waals surface area contributed by atoms with Crippen LogP contribution >= 0.6 is 0 Å². The van der Waals surface area contributed by atoms with E-state index in [0.29, 0.717) is 6.07 Å². The average molecular weight is 301 g/mol. The van der Waals surface area contributed by atoms with Crippen LogP contribution < -0.4 is 5.73 Å². The zero-order valence-electron chi connectivity index (χ0n) is 11.0. The van der Waals surface area contributed by atoms with Crippen molar-refractivity contribution in [2.45, 2.75) is 19.1 Å². The van der Waals surface area contributed by atoms with Crippen LogP contribution in [-0.2, 0) is 6.18 Å². The van der Waals surface area contributed by atoms with Gasteiger partial charge >= 0.3 is 6.18 Å². The smallest absolute Gasteiger partial charge is 0.320 e. The summed E-state index contributed by atoms with van der Waals surface area (Å²) in [6.45, 7) is 1.47. The van der Waals surface area contributed by atoms with E-state index in [0.717, 1.165) is 18.2 Å². The third-order valence-electron chi connectivity index (χ3n) is 3.20. The van der Waals surface area contributed by atoms with Crippen LogP contribution in [0.1, 0.15) is 28.3 Å². The highest BCUT2D eigenvalue weighted by molar-refractivity contribution is 5.40. The SMILES string of the molecule is Cc1cc(C(N)c2cc(F)ccc2C(F)(F)F)ccc1F. The van der Waals surface area contributed by atoms with Crippen molar-refractivity contribution < 1.29 is 22.0 Å². The molecule has 0 radical (unpaired) electrons. The van der Waals surface area contributed by atoms with Crippen molar-refractivity contribution in [2.75, 3.05) is 0 Å². The Morgan fingerprint density at radius 3 is 2.24 bits per heavy atom. The number of rotatable bonds is 2. The van der Waals surface area contributed by atoms with Gasteiger partial charge in [0.1, 0.15) is 11.6 Å². The molecule has 0 amide bonds. The highest BCUT2D eigenvalue weighted by atomic mass is 19.4. The van der Waals surface area contributed by atoms with E-state index in [-0.39, 0.29) is 16.7 Å². The quantitative estimate of drug-likeness (QED) is 0.820. The van der Waals surface area contributed by atoms with E-state index in [1.165, 1.54) is 19.1 Å². The van der Waals surface area contributed by atoms with Crippen LogP contribution in [0.5, 0.6) is 0 Å². The van der Waals surface area contributed by atoms with E-state index in [9.17, 15) is 22.0 Å². The van der Waals surface area contributed by atoms with Gasteiger partial charge in [-0.2, -0.15) is 13.2 Å². The van der Waals surface area contributed by atoms with Gasteiger partial charge in [-0.1, -0.05) is 12.1 Å². The van der Waals surface area contributed by atoms with Gasteiger partial charge in [-0.15, -0.1) is 0 Å². The van der Waals surface area contributed by atoms with E-state index in [1.54, 1.807) is 0 Å². The summed E-state index contributed by atoms with van der Waals surface area (Å²) in [5.74, 6) is -1.30. The number of nitrogens with two attached hydrogens (primary N) is 1. The Morgan fingerprint density at radius 1 is 1.00 bits per heavy atom. The molecule has 0 aromatic heterocycles.